The van der Waals surface area contributed by atoms with Crippen LogP contribution in [0, 0.1) is 12.7 Å². The highest BCUT2D eigenvalue weighted by molar-refractivity contribution is 6.31. The summed E-state index contributed by atoms with van der Waals surface area (Å²) in [5, 5.41) is 0.659. The Labute approximate surface area is 114 Å². The van der Waals surface area contributed by atoms with Gasteiger partial charge >= 0.3 is 0 Å². The largest absolute Gasteiger partial charge is 0.439 e. The van der Waals surface area contributed by atoms with Crippen molar-refractivity contribution in [3.8, 4) is 11.6 Å². The van der Waals surface area contributed by atoms with Gasteiger partial charge < -0.3 is 4.74 Å². The molecule has 1 aromatic carbocycles. The summed E-state index contributed by atoms with van der Waals surface area (Å²) in [6.45, 7) is 1.87. The Balaban J connectivity index is 2.30. The highest BCUT2D eigenvalue weighted by Gasteiger charge is 2.08. The fourth-order valence-corrected chi connectivity index (χ4v) is 1.76. The van der Waals surface area contributed by atoms with Gasteiger partial charge in [-0.05, 0) is 36.8 Å². The Hall–Kier alpha value is -1.32. The number of hydrogen-bond acceptors (Lipinski definition) is 2. The highest BCUT2D eigenvalue weighted by atomic mass is 35.5. The SMILES string of the molecule is Cc1cc(Oc2ncc(F)cc2CCl)ccc1Cl. The minimum Gasteiger partial charge on any atom is -0.439 e. The van der Waals surface area contributed by atoms with Crippen molar-refractivity contribution in [1.29, 1.82) is 0 Å². The lowest BCUT2D eigenvalue weighted by Gasteiger charge is -2.09. The lowest BCUT2D eigenvalue weighted by molar-refractivity contribution is 0.454. The molecule has 0 aliphatic heterocycles. The smallest absolute Gasteiger partial charge is 0.223 e. The van der Waals surface area contributed by atoms with Crippen LogP contribution in [0.4, 0.5) is 4.39 Å². The van der Waals surface area contributed by atoms with Crippen LogP contribution in [0.2, 0.25) is 5.02 Å². The number of aryl methyl sites for hydroxylation is 1. The summed E-state index contributed by atoms with van der Waals surface area (Å²) in [4.78, 5) is 3.88. The first-order valence-corrected chi connectivity index (χ1v) is 6.16. The Morgan fingerprint density at radius 3 is 2.78 bits per heavy atom. The highest BCUT2D eigenvalue weighted by Crippen LogP contribution is 2.27. The quantitative estimate of drug-likeness (QED) is 0.762. The summed E-state index contributed by atoms with van der Waals surface area (Å²) < 4.78 is 18.6. The van der Waals surface area contributed by atoms with Gasteiger partial charge in [0.15, 0.2) is 0 Å². The summed E-state index contributed by atoms with van der Waals surface area (Å²) in [7, 11) is 0. The average Bonchev–Trinajstić information content (AvgIpc) is 2.36. The van der Waals surface area contributed by atoms with E-state index in [1.165, 1.54) is 6.07 Å². The second kappa shape index (κ2) is 5.55. The molecule has 1 aromatic heterocycles. The number of ether oxygens (including phenoxy) is 1. The molecule has 0 radical (unpaired) electrons. The Kier molecular flexibility index (Phi) is 4.04. The molecule has 0 bridgehead atoms. The molecule has 0 unspecified atom stereocenters. The number of halogens is 3. The van der Waals surface area contributed by atoms with E-state index in [-0.39, 0.29) is 5.88 Å². The number of pyridine rings is 1. The second-order valence-corrected chi connectivity index (χ2v) is 4.44. The summed E-state index contributed by atoms with van der Waals surface area (Å²) in [5.74, 6) is 0.577. The van der Waals surface area contributed by atoms with E-state index in [4.69, 9.17) is 27.9 Å². The first kappa shape index (κ1) is 13.1. The van der Waals surface area contributed by atoms with Gasteiger partial charge in [-0.1, -0.05) is 11.6 Å². The zero-order valence-electron chi connectivity index (χ0n) is 9.58. The zero-order valence-corrected chi connectivity index (χ0v) is 11.1. The third kappa shape index (κ3) is 2.92. The first-order chi connectivity index (χ1) is 8.60. The third-order valence-electron chi connectivity index (χ3n) is 2.38. The molecule has 0 aliphatic carbocycles. The van der Waals surface area contributed by atoms with Crippen LogP contribution in [0.15, 0.2) is 30.5 Å². The van der Waals surface area contributed by atoms with Gasteiger partial charge in [-0.25, -0.2) is 9.37 Å². The van der Waals surface area contributed by atoms with Crippen molar-refractivity contribution in [2.24, 2.45) is 0 Å². The molecule has 0 saturated carbocycles. The van der Waals surface area contributed by atoms with Crippen molar-refractivity contribution in [2.75, 3.05) is 0 Å². The van der Waals surface area contributed by atoms with Gasteiger partial charge in [0.2, 0.25) is 5.88 Å². The van der Waals surface area contributed by atoms with Gasteiger partial charge in [0, 0.05) is 10.6 Å². The lowest BCUT2D eigenvalue weighted by Crippen LogP contribution is -1.94. The van der Waals surface area contributed by atoms with Crippen molar-refractivity contribution in [3.05, 3.63) is 52.4 Å². The van der Waals surface area contributed by atoms with E-state index in [2.05, 4.69) is 4.98 Å². The molecular formula is C13H10Cl2FNO. The number of rotatable bonds is 3. The standard InChI is InChI=1S/C13H10Cl2FNO/c1-8-4-11(2-3-12(8)15)18-13-9(6-14)5-10(16)7-17-13/h2-5,7H,6H2,1H3. The van der Waals surface area contributed by atoms with E-state index >= 15 is 0 Å². The van der Waals surface area contributed by atoms with Crippen LogP contribution in [0.1, 0.15) is 11.1 Å². The lowest BCUT2D eigenvalue weighted by atomic mass is 10.2. The molecule has 0 atom stereocenters. The van der Waals surface area contributed by atoms with Crippen LogP contribution < -0.4 is 4.74 Å². The Bertz CT molecular complexity index is 575. The molecule has 94 valence electrons. The molecular weight excluding hydrogens is 276 g/mol. The fraction of sp³-hybridized carbons (Fsp3) is 0.154. The van der Waals surface area contributed by atoms with Gasteiger partial charge in [-0.15, -0.1) is 11.6 Å². The van der Waals surface area contributed by atoms with Crippen molar-refractivity contribution in [2.45, 2.75) is 12.8 Å². The van der Waals surface area contributed by atoms with E-state index in [0.717, 1.165) is 11.8 Å². The molecule has 18 heavy (non-hydrogen) atoms. The van der Waals surface area contributed by atoms with Crippen molar-refractivity contribution in [1.82, 2.24) is 4.98 Å². The van der Waals surface area contributed by atoms with Gasteiger partial charge in [0.25, 0.3) is 0 Å². The molecule has 0 fully saturated rings. The van der Waals surface area contributed by atoms with Crippen LogP contribution in [0.5, 0.6) is 11.6 Å². The van der Waals surface area contributed by atoms with Crippen LogP contribution in [-0.4, -0.2) is 4.98 Å². The second-order valence-electron chi connectivity index (χ2n) is 3.76. The predicted octanol–water partition coefficient (Wildman–Crippen LogP) is 4.71. The molecule has 0 aliphatic rings. The van der Waals surface area contributed by atoms with E-state index < -0.39 is 5.82 Å². The van der Waals surface area contributed by atoms with Gasteiger partial charge in [0.1, 0.15) is 11.6 Å². The number of hydrogen-bond donors (Lipinski definition) is 0. The Morgan fingerprint density at radius 1 is 1.33 bits per heavy atom. The maximum atomic E-state index is 13.0. The summed E-state index contributed by atoms with van der Waals surface area (Å²) in [6, 6.07) is 6.54. The molecule has 2 nitrogen and oxygen atoms in total. The van der Waals surface area contributed by atoms with E-state index in [1.807, 2.05) is 6.92 Å². The minimum absolute atomic E-state index is 0.132. The van der Waals surface area contributed by atoms with Gasteiger partial charge in [0.05, 0.1) is 12.1 Å². The first-order valence-electron chi connectivity index (χ1n) is 5.24. The molecule has 0 N–H and O–H groups in total. The predicted molar refractivity (Wildman–Crippen MR) is 70.0 cm³/mol. The average molecular weight is 286 g/mol. The maximum Gasteiger partial charge on any atom is 0.223 e. The van der Waals surface area contributed by atoms with Crippen molar-refractivity contribution in [3.63, 3.8) is 0 Å². The number of alkyl halides is 1. The van der Waals surface area contributed by atoms with Gasteiger partial charge in [-0.3, -0.25) is 0 Å². The maximum absolute atomic E-state index is 13.0. The monoisotopic (exact) mass is 285 g/mol. The number of aromatic nitrogens is 1. The molecule has 5 heteroatoms. The molecule has 1 heterocycles. The van der Waals surface area contributed by atoms with Gasteiger partial charge in [-0.2, -0.15) is 0 Å². The molecule has 0 saturated heterocycles. The van der Waals surface area contributed by atoms with Crippen LogP contribution in [0.3, 0.4) is 0 Å². The molecule has 0 spiro atoms. The van der Waals surface area contributed by atoms with Crippen LogP contribution in [-0.2, 0) is 5.88 Å². The van der Waals surface area contributed by atoms with Crippen molar-refractivity contribution >= 4 is 23.2 Å². The summed E-state index contributed by atoms with van der Waals surface area (Å²) >= 11 is 11.6. The van der Waals surface area contributed by atoms with E-state index in [0.29, 0.717) is 22.2 Å². The molecule has 2 rings (SSSR count). The summed E-state index contributed by atoms with van der Waals surface area (Å²) in [6.07, 6.45) is 1.09. The van der Waals surface area contributed by atoms with E-state index in [9.17, 15) is 4.39 Å². The number of benzene rings is 1. The Morgan fingerprint density at radius 2 is 2.11 bits per heavy atom. The normalized spacial score (nSPS) is 10.4. The minimum atomic E-state index is -0.440. The third-order valence-corrected chi connectivity index (χ3v) is 3.09. The fourth-order valence-electron chi connectivity index (χ4n) is 1.45. The number of nitrogens with zero attached hydrogens (tertiary/aromatic N) is 1. The molecule has 0 amide bonds. The zero-order chi connectivity index (χ0) is 13.1. The van der Waals surface area contributed by atoms with Crippen molar-refractivity contribution < 1.29 is 9.13 Å². The summed E-state index contributed by atoms with van der Waals surface area (Å²) in [5.41, 5.74) is 1.40. The molecule has 2 aromatic rings. The van der Waals surface area contributed by atoms with E-state index in [1.54, 1.807) is 18.2 Å². The van der Waals surface area contributed by atoms with Crippen LogP contribution >= 0.6 is 23.2 Å². The van der Waals surface area contributed by atoms with Crippen LogP contribution in [0.25, 0.3) is 0 Å². The topological polar surface area (TPSA) is 22.1 Å².